The first kappa shape index (κ1) is 18.8. The number of hydrogen-bond acceptors (Lipinski definition) is 7. The van der Waals surface area contributed by atoms with E-state index in [0.29, 0.717) is 30.4 Å². The second-order valence-electron chi connectivity index (χ2n) is 5.20. The Labute approximate surface area is 148 Å². The Morgan fingerprint density at radius 1 is 1.19 bits per heavy atom. The first-order chi connectivity index (χ1) is 12.3. The molecule has 1 unspecified atom stereocenters. The van der Waals surface area contributed by atoms with E-state index < -0.39 is 36.6 Å². The highest BCUT2D eigenvalue weighted by Crippen LogP contribution is 2.32. The molecule has 1 aliphatic rings. The van der Waals surface area contributed by atoms with Crippen molar-refractivity contribution in [1.82, 2.24) is 10.6 Å². The van der Waals surface area contributed by atoms with Crippen molar-refractivity contribution in [2.75, 3.05) is 25.1 Å². The molecule has 1 aliphatic heterocycles. The van der Waals surface area contributed by atoms with Crippen molar-refractivity contribution < 1.29 is 33.4 Å². The quantitative estimate of drug-likeness (QED) is 0.521. The molecule has 0 spiro atoms. The molecule has 11 nitrogen and oxygen atoms in total. The molecule has 1 aromatic carbocycles. The number of fused-ring (bicyclic) bond motifs is 1. The Balaban J connectivity index is 1.77. The van der Waals surface area contributed by atoms with E-state index in [1.807, 2.05) is 5.32 Å². The van der Waals surface area contributed by atoms with Gasteiger partial charge in [0, 0.05) is 11.8 Å². The van der Waals surface area contributed by atoms with Crippen LogP contribution in [0.25, 0.3) is 0 Å². The van der Waals surface area contributed by atoms with Gasteiger partial charge < -0.3 is 30.6 Å². The zero-order valence-corrected chi connectivity index (χ0v) is 13.9. The average Bonchev–Trinajstić information content (AvgIpc) is 2.58. The Morgan fingerprint density at radius 3 is 2.58 bits per heavy atom. The zero-order chi connectivity index (χ0) is 19.1. The van der Waals surface area contributed by atoms with Gasteiger partial charge in [0.1, 0.15) is 19.3 Å². The Bertz CT molecular complexity index is 722. The maximum absolute atomic E-state index is 11.8. The molecule has 0 bridgehead atoms. The number of esters is 1. The van der Waals surface area contributed by atoms with Crippen molar-refractivity contribution in [3.05, 3.63) is 18.2 Å². The van der Waals surface area contributed by atoms with E-state index in [9.17, 15) is 19.2 Å². The van der Waals surface area contributed by atoms with Crippen molar-refractivity contribution in [2.45, 2.75) is 13.0 Å². The highest BCUT2D eigenvalue weighted by molar-refractivity contribution is 6.02. The Hall–Kier alpha value is -3.50. The number of carbonyl (C=O) groups excluding carboxylic acids is 4. The number of imide groups is 1. The number of rotatable bonds is 5. The van der Waals surface area contributed by atoms with Gasteiger partial charge in [0.25, 0.3) is 5.91 Å². The summed E-state index contributed by atoms with van der Waals surface area (Å²) in [4.78, 5) is 45.5. The average molecular weight is 366 g/mol. The SMILES string of the molecule is CC(NC(N)=O)C(=O)OCC(=O)NC(=O)Nc1ccc2c(c1)OCCO2. The summed E-state index contributed by atoms with van der Waals surface area (Å²) in [6.45, 7) is 1.48. The maximum Gasteiger partial charge on any atom is 0.328 e. The van der Waals surface area contributed by atoms with Crippen LogP contribution < -0.4 is 31.2 Å². The van der Waals surface area contributed by atoms with Gasteiger partial charge >= 0.3 is 18.0 Å². The van der Waals surface area contributed by atoms with Crippen LogP contribution in [0.4, 0.5) is 15.3 Å². The number of amides is 5. The van der Waals surface area contributed by atoms with Crippen molar-refractivity contribution in [2.24, 2.45) is 5.73 Å². The summed E-state index contributed by atoms with van der Waals surface area (Å²) in [5, 5.41) is 6.53. The number of benzene rings is 1. The van der Waals surface area contributed by atoms with Crippen LogP contribution in [0.15, 0.2) is 18.2 Å². The van der Waals surface area contributed by atoms with Crippen molar-refractivity contribution in [3.63, 3.8) is 0 Å². The topological polar surface area (TPSA) is 158 Å². The maximum atomic E-state index is 11.8. The van der Waals surface area contributed by atoms with Crippen LogP contribution in [0.2, 0.25) is 0 Å². The predicted octanol–water partition coefficient (Wildman–Crippen LogP) is -0.294. The number of nitrogens with one attached hydrogen (secondary N) is 3. The van der Waals surface area contributed by atoms with Gasteiger partial charge in [0.2, 0.25) is 0 Å². The third-order valence-electron chi connectivity index (χ3n) is 3.11. The molecule has 1 heterocycles. The predicted molar refractivity (Wildman–Crippen MR) is 87.7 cm³/mol. The Morgan fingerprint density at radius 2 is 1.88 bits per heavy atom. The van der Waals surface area contributed by atoms with E-state index >= 15 is 0 Å². The van der Waals surface area contributed by atoms with Crippen LogP contribution in [0.1, 0.15) is 6.92 Å². The summed E-state index contributed by atoms with van der Waals surface area (Å²) in [5.74, 6) is -0.681. The molecular formula is C15H18N4O7. The minimum Gasteiger partial charge on any atom is -0.486 e. The van der Waals surface area contributed by atoms with E-state index in [1.165, 1.54) is 6.92 Å². The lowest BCUT2D eigenvalue weighted by atomic mass is 10.2. The molecule has 2 rings (SSSR count). The van der Waals surface area contributed by atoms with Gasteiger partial charge in [0.05, 0.1) is 0 Å². The minimum absolute atomic E-state index is 0.385. The first-order valence-electron chi connectivity index (χ1n) is 7.58. The minimum atomic E-state index is -1.02. The standard InChI is InChI=1S/C15H18N4O7/c1-8(17-14(16)22)13(21)26-7-12(20)19-15(23)18-9-2-3-10-11(6-9)25-5-4-24-10/h2-3,6,8H,4-5,7H2,1H3,(H3,16,17,22)(H2,18,19,20,23). The largest absolute Gasteiger partial charge is 0.486 e. The molecule has 140 valence electrons. The summed E-state index contributed by atoms with van der Waals surface area (Å²) in [5.41, 5.74) is 5.25. The lowest BCUT2D eigenvalue weighted by Gasteiger charge is -2.19. The highest BCUT2D eigenvalue weighted by Gasteiger charge is 2.18. The lowest BCUT2D eigenvalue weighted by molar-refractivity contribution is -0.149. The smallest absolute Gasteiger partial charge is 0.328 e. The fourth-order valence-corrected chi connectivity index (χ4v) is 1.98. The van der Waals surface area contributed by atoms with Crippen LogP contribution >= 0.6 is 0 Å². The van der Waals surface area contributed by atoms with Crippen LogP contribution in [0.3, 0.4) is 0 Å². The van der Waals surface area contributed by atoms with Crippen molar-refractivity contribution in [1.29, 1.82) is 0 Å². The molecule has 5 N–H and O–H groups in total. The second kappa shape index (κ2) is 8.55. The number of ether oxygens (including phenoxy) is 3. The summed E-state index contributed by atoms with van der Waals surface area (Å²) in [6.07, 6.45) is 0. The van der Waals surface area contributed by atoms with E-state index in [0.717, 1.165) is 0 Å². The van der Waals surface area contributed by atoms with Crippen LogP contribution in [0.5, 0.6) is 11.5 Å². The first-order valence-corrected chi connectivity index (χ1v) is 7.58. The molecule has 1 atom stereocenters. The fraction of sp³-hybridized carbons (Fsp3) is 0.333. The fourth-order valence-electron chi connectivity index (χ4n) is 1.98. The molecule has 0 aliphatic carbocycles. The monoisotopic (exact) mass is 366 g/mol. The molecule has 26 heavy (non-hydrogen) atoms. The van der Waals surface area contributed by atoms with Gasteiger partial charge in [-0.1, -0.05) is 0 Å². The molecule has 0 aromatic heterocycles. The molecule has 0 saturated carbocycles. The number of anilines is 1. The summed E-state index contributed by atoms with van der Waals surface area (Å²) < 4.78 is 15.4. The number of hydrogen-bond donors (Lipinski definition) is 4. The van der Waals surface area contributed by atoms with E-state index in [2.05, 4.69) is 15.4 Å². The normalized spacial score (nSPS) is 13.1. The van der Waals surface area contributed by atoms with Gasteiger partial charge in [-0.05, 0) is 19.1 Å². The molecule has 0 radical (unpaired) electrons. The summed E-state index contributed by atoms with van der Waals surface area (Å²) in [6, 6.07) is 2.02. The van der Waals surface area contributed by atoms with Crippen molar-refractivity contribution >= 4 is 29.6 Å². The molecule has 11 heteroatoms. The van der Waals surface area contributed by atoms with Gasteiger partial charge in [0.15, 0.2) is 18.1 Å². The van der Waals surface area contributed by atoms with E-state index in [1.54, 1.807) is 18.2 Å². The summed E-state index contributed by atoms with van der Waals surface area (Å²) in [7, 11) is 0. The number of carbonyl (C=O) groups is 4. The van der Waals surface area contributed by atoms with Gasteiger partial charge in [-0.2, -0.15) is 0 Å². The molecule has 1 aromatic rings. The number of urea groups is 2. The van der Waals surface area contributed by atoms with Crippen LogP contribution in [0, 0.1) is 0 Å². The third kappa shape index (κ3) is 5.54. The lowest BCUT2D eigenvalue weighted by Crippen LogP contribution is -2.44. The molecular weight excluding hydrogens is 348 g/mol. The van der Waals surface area contributed by atoms with Crippen LogP contribution in [-0.2, 0) is 14.3 Å². The third-order valence-corrected chi connectivity index (χ3v) is 3.11. The molecule has 5 amide bonds. The van der Waals surface area contributed by atoms with Gasteiger partial charge in [-0.15, -0.1) is 0 Å². The Kier molecular flexibility index (Phi) is 6.20. The zero-order valence-electron chi connectivity index (χ0n) is 13.9. The van der Waals surface area contributed by atoms with Crippen molar-refractivity contribution in [3.8, 4) is 11.5 Å². The van der Waals surface area contributed by atoms with Gasteiger partial charge in [-0.3, -0.25) is 10.1 Å². The highest BCUT2D eigenvalue weighted by atomic mass is 16.6. The van der Waals surface area contributed by atoms with Crippen LogP contribution in [-0.4, -0.2) is 49.8 Å². The summed E-state index contributed by atoms with van der Waals surface area (Å²) >= 11 is 0. The molecule has 0 saturated heterocycles. The number of primary amides is 1. The van der Waals surface area contributed by atoms with E-state index in [-0.39, 0.29) is 0 Å². The van der Waals surface area contributed by atoms with Gasteiger partial charge in [-0.25, -0.2) is 14.4 Å². The molecule has 0 fully saturated rings. The second-order valence-corrected chi connectivity index (χ2v) is 5.20. The van der Waals surface area contributed by atoms with E-state index in [4.69, 9.17) is 15.2 Å². The number of nitrogens with two attached hydrogens (primary N) is 1.